The molecule has 1 aromatic heterocycles. The Morgan fingerprint density at radius 2 is 2.40 bits per heavy atom. The number of aliphatic imine (C=N–C) groups is 1. The van der Waals surface area contributed by atoms with Crippen molar-refractivity contribution in [2.45, 2.75) is 26.5 Å². The normalized spacial score (nSPS) is 17.0. The number of amides is 1. The van der Waals surface area contributed by atoms with E-state index in [1.807, 2.05) is 11.0 Å². The third-order valence-electron chi connectivity index (χ3n) is 2.55. The van der Waals surface area contributed by atoms with E-state index in [4.69, 9.17) is 16.3 Å². The third kappa shape index (κ3) is 4.38. The van der Waals surface area contributed by atoms with Gasteiger partial charge >= 0.3 is 6.09 Å². The molecule has 108 valence electrons. The number of carbonyl (C=O) groups excluding carboxylic acids is 1. The molecule has 1 saturated heterocycles. The Balaban J connectivity index is 2.01. The van der Waals surface area contributed by atoms with Gasteiger partial charge in [0.15, 0.2) is 5.17 Å². The lowest BCUT2D eigenvalue weighted by Gasteiger charge is -2.17. The van der Waals surface area contributed by atoms with Crippen LogP contribution >= 0.6 is 23.4 Å². The Morgan fingerprint density at radius 1 is 1.60 bits per heavy atom. The first-order valence-electron chi connectivity index (χ1n) is 6.32. The summed E-state index contributed by atoms with van der Waals surface area (Å²) >= 11 is 7.32. The molecule has 1 aliphatic heterocycles. The van der Waals surface area contributed by atoms with E-state index in [9.17, 15) is 4.79 Å². The first kappa shape index (κ1) is 15.1. The predicted molar refractivity (Wildman–Crippen MR) is 81.2 cm³/mol. The van der Waals surface area contributed by atoms with E-state index >= 15 is 0 Å². The fourth-order valence-electron chi connectivity index (χ4n) is 1.71. The van der Waals surface area contributed by atoms with Gasteiger partial charge in [-0.3, -0.25) is 0 Å². The van der Waals surface area contributed by atoms with Crippen molar-refractivity contribution in [3.05, 3.63) is 29.0 Å². The lowest BCUT2D eigenvalue weighted by molar-refractivity contribution is 0.125. The van der Waals surface area contributed by atoms with E-state index in [0.29, 0.717) is 16.9 Å². The fraction of sp³-hybridized carbons (Fsp3) is 0.462. The minimum absolute atomic E-state index is 0.160. The van der Waals surface area contributed by atoms with Gasteiger partial charge in [-0.15, -0.1) is 0 Å². The number of halogens is 1. The molecule has 0 N–H and O–H groups in total. The summed E-state index contributed by atoms with van der Waals surface area (Å²) in [4.78, 5) is 21.7. The summed E-state index contributed by atoms with van der Waals surface area (Å²) in [5.74, 6) is 0.912. The fourth-order valence-corrected chi connectivity index (χ4v) is 2.79. The molecule has 0 atom stereocenters. The second-order valence-corrected chi connectivity index (χ2v) is 6.04. The quantitative estimate of drug-likeness (QED) is 0.802. The minimum atomic E-state index is -0.538. The molecule has 2 heterocycles. The molecule has 1 aliphatic rings. The van der Waals surface area contributed by atoms with Crippen LogP contribution in [0.2, 0.25) is 5.15 Å². The maximum atomic E-state index is 11.6. The number of amidine groups is 1. The van der Waals surface area contributed by atoms with Crippen LogP contribution in [0.4, 0.5) is 4.79 Å². The molecule has 0 spiro atoms. The van der Waals surface area contributed by atoms with Crippen molar-refractivity contribution < 1.29 is 9.53 Å². The molecular weight excluding hydrogens is 298 g/mol. The number of pyridine rings is 1. The van der Waals surface area contributed by atoms with Crippen molar-refractivity contribution in [3.63, 3.8) is 0 Å². The van der Waals surface area contributed by atoms with Gasteiger partial charge in [-0.1, -0.05) is 29.4 Å². The van der Waals surface area contributed by atoms with Gasteiger partial charge in [0.2, 0.25) is 0 Å². The summed E-state index contributed by atoms with van der Waals surface area (Å²) < 4.78 is 5.03. The van der Waals surface area contributed by atoms with Crippen LogP contribution in [0, 0.1) is 0 Å². The van der Waals surface area contributed by atoms with Crippen molar-refractivity contribution in [2.75, 3.05) is 12.3 Å². The molecule has 0 saturated carbocycles. The van der Waals surface area contributed by atoms with Crippen molar-refractivity contribution >= 4 is 34.6 Å². The maximum absolute atomic E-state index is 11.6. The number of rotatable bonds is 3. The zero-order chi connectivity index (χ0) is 14.5. The number of carbonyl (C=O) groups is 1. The summed E-state index contributed by atoms with van der Waals surface area (Å²) in [5, 5.41) is 1.17. The van der Waals surface area contributed by atoms with E-state index in [1.165, 1.54) is 0 Å². The van der Waals surface area contributed by atoms with Crippen molar-refractivity contribution in [1.82, 2.24) is 9.88 Å². The van der Waals surface area contributed by atoms with Crippen molar-refractivity contribution in [3.8, 4) is 0 Å². The number of hydrogen-bond acceptors (Lipinski definition) is 4. The summed E-state index contributed by atoms with van der Waals surface area (Å²) in [6, 6.07) is 3.67. The molecule has 0 aromatic carbocycles. The van der Waals surface area contributed by atoms with Gasteiger partial charge in [0.05, 0.1) is 6.10 Å². The van der Waals surface area contributed by atoms with E-state index < -0.39 is 6.09 Å². The summed E-state index contributed by atoms with van der Waals surface area (Å²) in [5.41, 5.74) is 1.03. The minimum Gasteiger partial charge on any atom is -0.445 e. The van der Waals surface area contributed by atoms with Crippen LogP contribution in [0.1, 0.15) is 19.4 Å². The number of ether oxygens (including phenoxy) is 1. The van der Waals surface area contributed by atoms with E-state index in [2.05, 4.69) is 9.98 Å². The number of aromatic nitrogens is 1. The smallest absolute Gasteiger partial charge is 0.436 e. The molecule has 7 heteroatoms. The highest BCUT2D eigenvalue weighted by Crippen LogP contribution is 2.21. The Labute approximate surface area is 127 Å². The summed E-state index contributed by atoms with van der Waals surface area (Å²) in [6.07, 6.45) is 1.03. The Hall–Kier alpha value is -1.27. The molecule has 0 unspecified atom stereocenters. The van der Waals surface area contributed by atoms with Crippen LogP contribution in [-0.4, -0.2) is 39.5 Å². The third-order valence-corrected chi connectivity index (χ3v) is 3.77. The maximum Gasteiger partial charge on any atom is 0.436 e. The van der Waals surface area contributed by atoms with Crippen LogP contribution < -0.4 is 0 Å². The largest absolute Gasteiger partial charge is 0.445 e. The van der Waals surface area contributed by atoms with E-state index in [-0.39, 0.29) is 6.10 Å². The highest BCUT2D eigenvalue weighted by Gasteiger charge is 2.21. The summed E-state index contributed by atoms with van der Waals surface area (Å²) in [7, 11) is 0. The van der Waals surface area contributed by atoms with Gasteiger partial charge < -0.3 is 9.64 Å². The topological polar surface area (TPSA) is 54.8 Å². The van der Waals surface area contributed by atoms with Crippen molar-refractivity contribution in [1.29, 1.82) is 0 Å². The first-order valence-corrected chi connectivity index (χ1v) is 7.68. The molecule has 20 heavy (non-hydrogen) atoms. The lowest BCUT2D eigenvalue weighted by Crippen LogP contribution is -2.25. The SMILES string of the molecule is CC(C)OC(=O)/N=C1/SCCN1Cc1ccc(Cl)nc1. The molecule has 1 amide bonds. The zero-order valence-electron chi connectivity index (χ0n) is 11.4. The molecule has 1 aromatic rings. The molecule has 0 radical (unpaired) electrons. The second kappa shape index (κ2) is 6.95. The highest BCUT2D eigenvalue weighted by molar-refractivity contribution is 8.14. The second-order valence-electron chi connectivity index (χ2n) is 4.59. The van der Waals surface area contributed by atoms with E-state index in [1.54, 1.807) is 37.9 Å². The number of nitrogens with zero attached hydrogens (tertiary/aromatic N) is 3. The average molecular weight is 314 g/mol. The molecule has 1 fully saturated rings. The van der Waals surface area contributed by atoms with Gasteiger partial charge in [0, 0.05) is 25.0 Å². The van der Waals surface area contributed by atoms with Crippen LogP contribution in [0.15, 0.2) is 23.3 Å². The molecule has 5 nitrogen and oxygen atoms in total. The molecule has 0 aliphatic carbocycles. The van der Waals surface area contributed by atoms with Crippen LogP contribution in [0.25, 0.3) is 0 Å². The first-order chi connectivity index (χ1) is 9.54. The van der Waals surface area contributed by atoms with Gasteiger partial charge in [-0.25, -0.2) is 9.78 Å². The van der Waals surface area contributed by atoms with Gasteiger partial charge in [0.25, 0.3) is 0 Å². The average Bonchev–Trinajstić information content (AvgIpc) is 2.78. The molecular formula is C13H16ClN3O2S. The van der Waals surface area contributed by atoms with Gasteiger partial charge in [-0.2, -0.15) is 4.99 Å². The zero-order valence-corrected chi connectivity index (χ0v) is 12.9. The number of thioether (sulfide) groups is 1. The summed E-state index contributed by atoms with van der Waals surface area (Å²) in [6.45, 7) is 5.11. The number of hydrogen-bond donors (Lipinski definition) is 0. The van der Waals surface area contributed by atoms with Crippen molar-refractivity contribution in [2.24, 2.45) is 4.99 Å². The van der Waals surface area contributed by atoms with Gasteiger partial charge in [-0.05, 0) is 25.5 Å². The van der Waals surface area contributed by atoms with Crippen LogP contribution in [0.3, 0.4) is 0 Å². The molecule has 0 bridgehead atoms. The predicted octanol–water partition coefficient (Wildman–Crippen LogP) is 3.18. The van der Waals surface area contributed by atoms with Gasteiger partial charge in [0.1, 0.15) is 5.15 Å². The lowest BCUT2D eigenvalue weighted by atomic mass is 10.3. The monoisotopic (exact) mass is 313 g/mol. The molecule has 2 rings (SSSR count). The van der Waals surface area contributed by atoms with Crippen LogP contribution in [-0.2, 0) is 11.3 Å². The highest BCUT2D eigenvalue weighted by atomic mass is 35.5. The Morgan fingerprint density at radius 3 is 3.05 bits per heavy atom. The Bertz CT molecular complexity index is 505. The standard InChI is InChI=1S/C13H16ClN3O2S/c1-9(2)19-13(18)16-12-17(5-6-20-12)8-10-3-4-11(14)15-7-10/h3-4,7,9H,5-6,8H2,1-2H3/b16-12+. The Kier molecular flexibility index (Phi) is 5.25. The van der Waals surface area contributed by atoms with E-state index in [0.717, 1.165) is 17.9 Å². The van der Waals surface area contributed by atoms with Crippen LogP contribution in [0.5, 0.6) is 0 Å².